The van der Waals surface area contributed by atoms with E-state index in [1.807, 2.05) is 0 Å². The molecule has 0 amide bonds. The van der Waals surface area contributed by atoms with Gasteiger partial charge in [-0.1, -0.05) is 12.1 Å². The van der Waals surface area contributed by atoms with Crippen molar-refractivity contribution in [2.45, 2.75) is 4.90 Å². The van der Waals surface area contributed by atoms with Crippen molar-refractivity contribution in [2.75, 3.05) is 5.23 Å². The van der Waals surface area contributed by atoms with Crippen molar-refractivity contribution in [3.05, 3.63) is 30.9 Å². The molecule has 0 aliphatic carbocycles. The molecule has 6 nitrogen and oxygen atoms in total. The van der Waals surface area contributed by atoms with Crippen molar-refractivity contribution in [1.29, 1.82) is 0 Å². The van der Waals surface area contributed by atoms with E-state index in [0.29, 0.717) is 10.6 Å². The lowest BCUT2D eigenvalue weighted by atomic mass is 10.2. The lowest BCUT2D eigenvalue weighted by Gasteiger charge is -2.16. The molecule has 0 aliphatic rings. The van der Waals surface area contributed by atoms with E-state index < -0.39 is 0 Å². The highest BCUT2D eigenvalue weighted by Gasteiger charge is 2.08. The van der Waals surface area contributed by atoms with Crippen LogP contribution < -0.4 is 5.23 Å². The zero-order valence-electron chi connectivity index (χ0n) is 7.48. The first-order valence-electron chi connectivity index (χ1n) is 4.02. The van der Waals surface area contributed by atoms with E-state index in [1.54, 1.807) is 12.1 Å². The van der Waals surface area contributed by atoms with Gasteiger partial charge in [0.1, 0.15) is 18.3 Å². The van der Waals surface area contributed by atoms with Crippen LogP contribution in [-0.4, -0.2) is 25.2 Å². The number of rotatable bonds is 2. The molecule has 0 aliphatic heterocycles. The molecular formula is C8H7N4O2S-. The fourth-order valence-electron chi connectivity index (χ4n) is 1.19. The van der Waals surface area contributed by atoms with E-state index in [9.17, 15) is 0 Å². The minimum atomic E-state index is 0.00676. The third kappa shape index (κ3) is 1.89. The molecule has 7 heteroatoms. The number of nitrogens with zero attached hydrogens (tertiary/aromatic N) is 4. The molecule has 2 N–H and O–H groups in total. The zero-order valence-corrected chi connectivity index (χ0v) is 8.29. The van der Waals surface area contributed by atoms with Crippen LogP contribution in [0.3, 0.4) is 0 Å². The Balaban J connectivity index is 2.56. The van der Waals surface area contributed by atoms with Crippen LogP contribution >= 0.6 is 0 Å². The lowest BCUT2D eigenvalue weighted by Crippen LogP contribution is -2.14. The number of hydrogen-bond donors (Lipinski definition) is 2. The first kappa shape index (κ1) is 9.84. The number of anilines is 1. The standard InChI is InChI=1S/C8H8N4O2S/c13-12(14)8-3-6(15)1-2-7(8)11-5-9-4-10-11/h1-5,13-15H/p-1. The summed E-state index contributed by atoms with van der Waals surface area (Å²) in [6, 6.07) is 4.75. The van der Waals surface area contributed by atoms with Crippen LogP contribution in [0.5, 0.6) is 0 Å². The van der Waals surface area contributed by atoms with E-state index in [1.165, 1.54) is 23.4 Å². The average Bonchev–Trinajstić information content (AvgIpc) is 2.70. The van der Waals surface area contributed by atoms with Crippen molar-refractivity contribution in [2.24, 2.45) is 0 Å². The van der Waals surface area contributed by atoms with Gasteiger partial charge >= 0.3 is 0 Å². The van der Waals surface area contributed by atoms with Crippen LogP contribution in [0.4, 0.5) is 5.69 Å². The number of aromatic nitrogens is 3. The summed E-state index contributed by atoms with van der Waals surface area (Å²) in [6.45, 7) is 0. The summed E-state index contributed by atoms with van der Waals surface area (Å²) >= 11 is 4.91. The van der Waals surface area contributed by atoms with Gasteiger partial charge in [0, 0.05) is 0 Å². The molecule has 78 valence electrons. The monoisotopic (exact) mass is 223 g/mol. The molecule has 2 rings (SSSR count). The molecule has 0 radical (unpaired) electrons. The van der Waals surface area contributed by atoms with Gasteiger partial charge < -0.3 is 12.6 Å². The van der Waals surface area contributed by atoms with Crippen LogP contribution in [-0.2, 0) is 12.6 Å². The normalized spacial score (nSPS) is 10.3. The maximum Gasteiger partial charge on any atom is 0.138 e. The second-order valence-electron chi connectivity index (χ2n) is 2.78. The first-order valence-corrected chi connectivity index (χ1v) is 4.43. The van der Waals surface area contributed by atoms with Gasteiger partial charge in [0.15, 0.2) is 0 Å². The third-order valence-electron chi connectivity index (χ3n) is 1.83. The molecule has 0 atom stereocenters. The molecule has 0 fully saturated rings. The predicted octanol–water partition coefficient (Wildman–Crippen LogP) is 0.758. The minimum Gasteiger partial charge on any atom is -0.780 e. The quantitative estimate of drug-likeness (QED) is 0.578. The van der Waals surface area contributed by atoms with Gasteiger partial charge in [0.2, 0.25) is 0 Å². The van der Waals surface area contributed by atoms with Gasteiger partial charge in [0.05, 0.1) is 5.69 Å². The summed E-state index contributed by atoms with van der Waals surface area (Å²) < 4.78 is 1.41. The summed E-state index contributed by atoms with van der Waals surface area (Å²) in [5, 5.41) is 21.9. The fourth-order valence-corrected chi connectivity index (χ4v) is 1.37. The van der Waals surface area contributed by atoms with Crippen molar-refractivity contribution in [1.82, 2.24) is 14.8 Å². The molecule has 0 saturated heterocycles. The van der Waals surface area contributed by atoms with Gasteiger partial charge in [-0.15, -0.1) is 5.23 Å². The topological polar surface area (TPSA) is 74.4 Å². The minimum absolute atomic E-state index is 0.00676. The molecule has 2 aromatic rings. The number of benzene rings is 1. The largest absolute Gasteiger partial charge is 0.780 e. The molecule has 15 heavy (non-hydrogen) atoms. The van der Waals surface area contributed by atoms with Gasteiger partial charge in [-0.3, -0.25) is 10.4 Å². The smallest absolute Gasteiger partial charge is 0.138 e. The summed E-state index contributed by atoms with van der Waals surface area (Å²) in [7, 11) is 0. The Labute approximate surface area is 90.7 Å². The summed E-state index contributed by atoms with van der Waals surface area (Å²) in [5.74, 6) is 0. The van der Waals surface area contributed by atoms with Crippen molar-refractivity contribution in [3.63, 3.8) is 0 Å². The highest BCUT2D eigenvalue weighted by molar-refractivity contribution is 7.58. The molecular weight excluding hydrogens is 216 g/mol. The van der Waals surface area contributed by atoms with E-state index in [2.05, 4.69) is 10.1 Å². The molecule has 0 spiro atoms. The molecule has 1 aromatic carbocycles. The fraction of sp³-hybridized carbons (Fsp3) is 0. The Bertz CT molecular complexity index is 458. The Morgan fingerprint density at radius 1 is 1.33 bits per heavy atom. The Hall–Kier alpha value is -1.70. The summed E-state index contributed by atoms with van der Waals surface area (Å²) in [4.78, 5) is 4.27. The van der Waals surface area contributed by atoms with Crippen LogP contribution in [0, 0.1) is 0 Å². The maximum atomic E-state index is 9.01. The Kier molecular flexibility index (Phi) is 2.50. The van der Waals surface area contributed by atoms with Crippen LogP contribution in [0.15, 0.2) is 35.7 Å². The van der Waals surface area contributed by atoms with Gasteiger partial charge in [0.25, 0.3) is 0 Å². The average molecular weight is 223 g/mol. The van der Waals surface area contributed by atoms with Gasteiger partial charge in [-0.2, -0.15) is 9.99 Å². The van der Waals surface area contributed by atoms with Crippen LogP contribution in [0.2, 0.25) is 0 Å². The molecule has 1 heterocycles. The lowest BCUT2D eigenvalue weighted by molar-refractivity contribution is 0.0290. The highest BCUT2D eigenvalue weighted by atomic mass is 32.1. The Morgan fingerprint density at radius 3 is 2.73 bits per heavy atom. The second-order valence-corrected chi connectivity index (χ2v) is 3.25. The van der Waals surface area contributed by atoms with Crippen LogP contribution in [0.1, 0.15) is 0 Å². The summed E-state index contributed by atoms with van der Waals surface area (Å²) in [5.41, 5.74) is 0.624. The van der Waals surface area contributed by atoms with Crippen molar-refractivity contribution in [3.8, 4) is 5.69 Å². The van der Waals surface area contributed by atoms with E-state index in [4.69, 9.17) is 23.0 Å². The predicted molar refractivity (Wildman–Crippen MR) is 53.0 cm³/mol. The van der Waals surface area contributed by atoms with Gasteiger partial charge in [-0.05, 0) is 6.07 Å². The SMILES string of the molecule is ON(O)c1cc([S-])ccc1-n1cncn1. The van der Waals surface area contributed by atoms with Crippen LogP contribution in [0.25, 0.3) is 5.69 Å². The van der Waals surface area contributed by atoms with E-state index in [-0.39, 0.29) is 10.9 Å². The van der Waals surface area contributed by atoms with Crippen molar-refractivity contribution < 1.29 is 10.4 Å². The number of hydrogen-bond acceptors (Lipinski definition) is 6. The van der Waals surface area contributed by atoms with Gasteiger partial charge in [-0.25, -0.2) is 9.67 Å². The molecule has 0 bridgehead atoms. The Morgan fingerprint density at radius 2 is 2.13 bits per heavy atom. The maximum absolute atomic E-state index is 9.01. The first-order chi connectivity index (χ1) is 7.18. The highest BCUT2D eigenvalue weighted by Crippen LogP contribution is 2.23. The molecule has 1 aromatic heterocycles. The second kappa shape index (κ2) is 3.81. The molecule has 0 unspecified atom stereocenters. The van der Waals surface area contributed by atoms with E-state index >= 15 is 0 Å². The zero-order chi connectivity index (χ0) is 10.8. The third-order valence-corrected chi connectivity index (χ3v) is 2.08. The molecule has 0 saturated carbocycles. The van der Waals surface area contributed by atoms with Crippen molar-refractivity contribution >= 4 is 18.3 Å². The summed E-state index contributed by atoms with van der Waals surface area (Å²) in [6.07, 6.45) is 2.80. The van der Waals surface area contributed by atoms with E-state index in [0.717, 1.165) is 0 Å².